The van der Waals surface area contributed by atoms with Crippen LogP contribution in [0.5, 0.6) is 0 Å². The molecule has 3 N–H and O–H groups in total. The normalized spacial score (nSPS) is 17.1. The molecule has 1 aromatic rings. The molecule has 0 radical (unpaired) electrons. The lowest BCUT2D eigenvalue weighted by molar-refractivity contribution is -0.141. The third-order valence-electron chi connectivity index (χ3n) is 3.14. The molecular weight excluding hydrogens is 202 g/mol. The minimum Gasteiger partial charge on any atom is -0.481 e. The fourth-order valence-corrected chi connectivity index (χ4v) is 1.90. The first-order valence-electron chi connectivity index (χ1n) is 5.72. The van der Waals surface area contributed by atoms with E-state index < -0.39 is 11.9 Å². The van der Waals surface area contributed by atoms with Gasteiger partial charge in [0, 0.05) is 6.54 Å². The summed E-state index contributed by atoms with van der Waals surface area (Å²) >= 11 is 0. The van der Waals surface area contributed by atoms with Crippen molar-refractivity contribution in [2.75, 3.05) is 6.54 Å². The molecule has 1 fully saturated rings. The van der Waals surface area contributed by atoms with Gasteiger partial charge >= 0.3 is 5.97 Å². The zero-order valence-electron chi connectivity index (χ0n) is 9.23. The van der Waals surface area contributed by atoms with Crippen LogP contribution in [0, 0.1) is 5.92 Å². The Bertz CT molecular complexity index is 368. The highest BCUT2D eigenvalue weighted by Gasteiger charge is 2.23. The maximum absolute atomic E-state index is 10.8. The van der Waals surface area contributed by atoms with Crippen molar-refractivity contribution in [1.29, 1.82) is 0 Å². The van der Waals surface area contributed by atoms with Gasteiger partial charge in [-0.3, -0.25) is 4.79 Å². The van der Waals surface area contributed by atoms with E-state index in [-0.39, 0.29) is 6.54 Å². The molecule has 16 heavy (non-hydrogen) atoms. The Labute approximate surface area is 95.3 Å². The molecule has 0 aromatic heterocycles. The van der Waals surface area contributed by atoms with Gasteiger partial charge in [-0.25, -0.2) is 0 Å². The Kier molecular flexibility index (Phi) is 3.25. The van der Waals surface area contributed by atoms with E-state index >= 15 is 0 Å². The average Bonchev–Trinajstić information content (AvgIpc) is 3.10. The van der Waals surface area contributed by atoms with Crippen LogP contribution >= 0.6 is 0 Å². The number of benzene rings is 1. The van der Waals surface area contributed by atoms with Gasteiger partial charge in [0.05, 0.1) is 5.92 Å². The summed E-state index contributed by atoms with van der Waals surface area (Å²) in [6.45, 7) is 0.194. The first kappa shape index (κ1) is 11.1. The first-order valence-corrected chi connectivity index (χ1v) is 5.72. The van der Waals surface area contributed by atoms with Crippen LogP contribution in [-0.4, -0.2) is 17.6 Å². The number of carbonyl (C=O) groups is 1. The van der Waals surface area contributed by atoms with Crippen LogP contribution in [0.3, 0.4) is 0 Å². The number of carboxylic acid groups (broad SMARTS) is 1. The third-order valence-corrected chi connectivity index (χ3v) is 3.14. The molecule has 0 saturated heterocycles. The van der Waals surface area contributed by atoms with Gasteiger partial charge in [0.1, 0.15) is 0 Å². The number of hydrogen-bond acceptors (Lipinski definition) is 2. The molecule has 0 amide bonds. The molecule has 1 unspecified atom stereocenters. The fourth-order valence-electron chi connectivity index (χ4n) is 1.90. The van der Waals surface area contributed by atoms with Gasteiger partial charge in [0.25, 0.3) is 0 Å². The highest BCUT2D eigenvalue weighted by Crippen LogP contribution is 2.39. The molecular formula is C13H17NO2. The van der Waals surface area contributed by atoms with Crippen molar-refractivity contribution in [3.63, 3.8) is 0 Å². The minimum atomic E-state index is -0.811. The van der Waals surface area contributed by atoms with Crippen molar-refractivity contribution in [3.8, 4) is 0 Å². The Hall–Kier alpha value is -1.35. The smallest absolute Gasteiger partial charge is 0.308 e. The van der Waals surface area contributed by atoms with Crippen molar-refractivity contribution in [2.45, 2.75) is 25.2 Å². The van der Waals surface area contributed by atoms with Crippen LogP contribution < -0.4 is 5.73 Å². The second-order valence-corrected chi connectivity index (χ2v) is 4.49. The Morgan fingerprint density at radius 1 is 1.38 bits per heavy atom. The molecule has 0 heterocycles. The van der Waals surface area contributed by atoms with Crippen LogP contribution in [0.15, 0.2) is 24.3 Å². The highest BCUT2D eigenvalue weighted by atomic mass is 16.4. The predicted octanol–water partition coefficient (Wildman–Crippen LogP) is 1.77. The topological polar surface area (TPSA) is 63.3 Å². The van der Waals surface area contributed by atoms with Crippen LogP contribution in [0.25, 0.3) is 0 Å². The van der Waals surface area contributed by atoms with E-state index in [1.54, 1.807) is 0 Å². The van der Waals surface area contributed by atoms with Gasteiger partial charge < -0.3 is 10.8 Å². The second kappa shape index (κ2) is 4.66. The summed E-state index contributed by atoms with van der Waals surface area (Å²) in [5.74, 6) is -0.528. The monoisotopic (exact) mass is 219 g/mol. The SMILES string of the molecule is NCC(Cc1ccc(C2CC2)cc1)C(=O)O. The van der Waals surface area contributed by atoms with Crippen molar-refractivity contribution >= 4 is 5.97 Å². The van der Waals surface area contributed by atoms with Crippen LogP contribution in [0.2, 0.25) is 0 Å². The maximum atomic E-state index is 10.8. The van der Waals surface area contributed by atoms with Gasteiger partial charge in [0.2, 0.25) is 0 Å². The molecule has 2 rings (SSSR count). The number of nitrogens with two attached hydrogens (primary N) is 1. The molecule has 0 aliphatic heterocycles. The number of rotatable bonds is 5. The standard InChI is InChI=1S/C13H17NO2/c14-8-12(13(15)16)7-9-1-3-10(4-2-9)11-5-6-11/h1-4,11-12H,5-8,14H2,(H,15,16). The summed E-state index contributed by atoms with van der Waals surface area (Å²) < 4.78 is 0. The van der Waals surface area contributed by atoms with Crippen LogP contribution in [-0.2, 0) is 11.2 Å². The van der Waals surface area contributed by atoms with E-state index in [4.69, 9.17) is 10.8 Å². The molecule has 1 saturated carbocycles. The molecule has 1 aliphatic rings. The Morgan fingerprint density at radius 2 is 2.00 bits per heavy atom. The molecule has 3 heteroatoms. The second-order valence-electron chi connectivity index (χ2n) is 4.49. The third kappa shape index (κ3) is 2.61. The lowest BCUT2D eigenvalue weighted by Crippen LogP contribution is -2.25. The van der Waals surface area contributed by atoms with Crippen molar-refractivity contribution < 1.29 is 9.90 Å². The van der Waals surface area contributed by atoms with Gasteiger partial charge in [-0.1, -0.05) is 24.3 Å². The summed E-state index contributed by atoms with van der Waals surface area (Å²) in [5, 5.41) is 8.91. The van der Waals surface area contributed by atoms with E-state index in [0.717, 1.165) is 11.5 Å². The van der Waals surface area contributed by atoms with Crippen molar-refractivity contribution in [1.82, 2.24) is 0 Å². The zero-order valence-corrected chi connectivity index (χ0v) is 9.23. The van der Waals surface area contributed by atoms with Gasteiger partial charge in [-0.15, -0.1) is 0 Å². The largest absolute Gasteiger partial charge is 0.481 e. The van der Waals surface area contributed by atoms with Crippen LogP contribution in [0.4, 0.5) is 0 Å². The summed E-state index contributed by atoms with van der Waals surface area (Å²) in [7, 11) is 0. The molecule has 0 spiro atoms. The van der Waals surface area contributed by atoms with E-state index in [1.807, 2.05) is 12.1 Å². The number of aliphatic carboxylic acids is 1. The van der Waals surface area contributed by atoms with Crippen LogP contribution in [0.1, 0.15) is 29.9 Å². The number of carboxylic acids is 1. The average molecular weight is 219 g/mol. The summed E-state index contributed by atoms with van der Waals surface area (Å²) in [5.41, 5.74) is 7.86. The van der Waals surface area contributed by atoms with Gasteiger partial charge in [-0.05, 0) is 36.3 Å². The number of hydrogen-bond donors (Lipinski definition) is 2. The quantitative estimate of drug-likeness (QED) is 0.793. The molecule has 1 aromatic carbocycles. The molecule has 0 bridgehead atoms. The minimum absolute atomic E-state index is 0.194. The van der Waals surface area contributed by atoms with E-state index in [2.05, 4.69) is 12.1 Å². The van der Waals surface area contributed by atoms with E-state index in [1.165, 1.54) is 18.4 Å². The van der Waals surface area contributed by atoms with E-state index in [0.29, 0.717) is 6.42 Å². The fraction of sp³-hybridized carbons (Fsp3) is 0.462. The summed E-state index contributed by atoms with van der Waals surface area (Å²) in [4.78, 5) is 10.8. The summed E-state index contributed by atoms with van der Waals surface area (Å²) in [6.07, 6.45) is 3.11. The Morgan fingerprint density at radius 3 is 2.44 bits per heavy atom. The predicted molar refractivity (Wildman–Crippen MR) is 62.3 cm³/mol. The molecule has 1 atom stereocenters. The lowest BCUT2D eigenvalue weighted by Gasteiger charge is -2.09. The van der Waals surface area contributed by atoms with E-state index in [9.17, 15) is 4.79 Å². The van der Waals surface area contributed by atoms with Crippen molar-refractivity contribution in [2.24, 2.45) is 11.7 Å². The summed E-state index contributed by atoms with van der Waals surface area (Å²) in [6, 6.07) is 8.28. The van der Waals surface area contributed by atoms with Crippen molar-refractivity contribution in [3.05, 3.63) is 35.4 Å². The first-order chi connectivity index (χ1) is 7.70. The lowest BCUT2D eigenvalue weighted by atomic mass is 9.98. The molecule has 1 aliphatic carbocycles. The Balaban J connectivity index is 2.00. The molecule has 3 nitrogen and oxygen atoms in total. The zero-order chi connectivity index (χ0) is 11.5. The highest BCUT2D eigenvalue weighted by molar-refractivity contribution is 5.70. The molecule has 86 valence electrons. The van der Waals surface area contributed by atoms with Gasteiger partial charge in [0.15, 0.2) is 0 Å². The maximum Gasteiger partial charge on any atom is 0.308 e. The van der Waals surface area contributed by atoms with Gasteiger partial charge in [-0.2, -0.15) is 0 Å².